The van der Waals surface area contributed by atoms with Crippen molar-refractivity contribution >= 4 is 79.6 Å². The number of halogens is 3. The Hall–Kier alpha value is -3.31. The summed E-state index contributed by atoms with van der Waals surface area (Å²) in [7, 11) is 0. The molecule has 200 valence electrons. The number of carbonyl (C=O) groups is 2. The number of anilines is 1. The Bertz CT molecular complexity index is 1570. The van der Waals surface area contributed by atoms with Gasteiger partial charge >= 0.3 is 0 Å². The summed E-state index contributed by atoms with van der Waals surface area (Å²) in [4.78, 5) is 31.9. The summed E-state index contributed by atoms with van der Waals surface area (Å²) in [6.07, 6.45) is 3.49. The molecule has 0 aliphatic carbocycles. The Morgan fingerprint density at radius 1 is 1.08 bits per heavy atom. The third-order valence-corrected chi connectivity index (χ3v) is 8.08. The second-order valence-electron chi connectivity index (χ2n) is 8.76. The highest BCUT2D eigenvalue weighted by molar-refractivity contribution is 7.80. The molecule has 0 atom stereocenters. The van der Waals surface area contributed by atoms with Gasteiger partial charge in [0.1, 0.15) is 5.75 Å². The fourth-order valence-corrected chi connectivity index (χ4v) is 5.95. The molecule has 4 aromatic rings. The second kappa shape index (κ2) is 11.8. The highest BCUT2D eigenvalue weighted by Crippen LogP contribution is 2.37. The molecule has 1 aliphatic heterocycles. The molecule has 5 rings (SSSR count). The Morgan fingerprint density at radius 3 is 2.54 bits per heavy atom. The lowest BCUT2D eigenvalue weighted by Crippen LogP contribution is -2.35. The Labute approximate surface area is 242 Å². The molecule has 0 radical (unpaired) electrons. The number of likely N-dealkylation sites (tertiary alicyclic amines) is 1. The molecule has 1 saturated heterocycles. The van der Waals surface area contributed by atoms with E-state index in [2.05, 4.69) is 15.6 Å². The number of carbonyl (C=O) groups excluding carboxylic acids is 2. The first-order valence-corrected chi connectivity index (χ1v) is 14.0. The van der Waals surface area contributed by atoms with Crippen LogP contribution in [0.4, 0.5) is 10.1 Å². The molecule has 39 heavy (non-hydrogen) atoms. The molecule has 1 aliphatic rings. The first-order valence-electron chi connectivity index (χ1n) is 12.0. The molecule has 0 unspecified atom stereocenters. The molecule has 2 amide bonds. The fourth-order valence-electron chi connectivity index (χ4n) is 4.15. The van der Waals surface area contributed by atoms with Gasteiger partial charge in [-0.2, -0.15) is 0 Å². The average Bonchev–Trinajstić information content (AvgIpc) is 3.58. The van der Waals surface area contributed by atoms with E-state index in [1.165, 1.54) is 23.5 Å². The summed E-state index contributed by atoms with van der Waals surface area (Å²) in [6, 6.07) is 12.6. The van der Waals surface area contributed by atoms with E-state index in [4.69, 9.17) is 40.2 Å². The third-order valence-electron chi connectivity index (χ3n) is 6.04. The minimum atomic E-state index is -0.646. The predicted octanol–water partition coefficient (Wildman–Crippen LogP) is 6.83. The summed E-state index contributed by atoms with van der Waals surface area (Å²) in [6.45, 7) is 1.50. The van der Waals surface area contributed by atoms with Gasteiger partial charge in [-0.1, -0.05) is 29.3 Å². The lowest BCUT2D eigenvalue weighted by Gasteiger charge is -2.13. The first kappa shape index (κ1) is 27.3. The van der Waals surface area contributed by atoms with E-state index in [-0.39, 0.29) is 23.2 Å². The van der Waals surface area contributed by atoms with Crippen LogP contribution in [0, 0.1) is 5.82 Å². The van der Waals surface area contributed by atoms with Crippen LogP contribution >= 0.6 is 46.8 Å². The molecule has 3 heterocycles. The summed E-state index contributed by atoms with van der Waals surface area (Å²) >= 11 is 18.7. The zero-order chi connectivity index (χ0) is 27.5. The minimum absolute atomic E-state index is 0.0131. The summed E-state index contributed by atoms with van der Waals surface area (Å²) < 4.78 is 21.5. The SMILES string of the molecule is O=C(Cc1c(Cl)cccc1Cl)NC(=S)Nc1ccc(Oc2ccnc3cc(C(=O)N4CCCC4)sc23)c(F)c1. The van der Waals surface area contributed by atoms with Gasteiger partial charge in [-0.15, -0.1) is 11.3 Å². The van der Waals surface area contributed by atoms with Crippen LogP contribution in [0.1, 0.15) is 28.1 Å². The maximum atomic E-state index is 15.0. The zero-order valence-corrected chi connectivity index (χ0v) is 23.4. The smallest absolute Gasteiger partial charge is 0.264 e. The van der Waals surface area contributed by atoms with Crippen LogP contribution in [0.3, 0.4) is 0 Å². The van der Waals surface area contributed by atoms with E-state index < -0.39 is 11.7 Å². The number of ether oxygens (including phenoxy) is 1. The summed E-state index contributed by atoms with van der Waals surface area (Å²) in [5, 5.41) is 6.04. The molecule has 0 spiro atoms. The van der Waals surface area contributed by atoms with Crippen LogP contribution in [0.5, 0.6) is 11.5 Å². The molecular weight excluding hydrogens is 582 g/mol. The van der Waals surface area contributed by atoms with Crippen molar-refractivity contribution in [1.82, 2.24) is 15.2 Å². The lowest BCUT2D eigenvalue weighted by atomic mass is 10.1. The zero-order valence-electron chi connectivity index (χ0n) is 20.3. The number of rotatable bonds is 6. The molecule has 0 saturated carbocycles. The number of hydrogen-bond acceptors (Lipinski definition) is 6. The number of amides is 2. The van der Waals surface area contributed by atoms with Crippen LogP contribution < -0.4 is 15.4 Å². The van der Waals surface area contributed by atoms with Crippen molar-refractivity contribution in [1.29, 1.82) is 0 Å². The Morgan fingerprint density at radius 2 is 1.82 bits per heavy atom. The van der Waals surface area contributed by atoms with Gasteiger partial charge in [0.05, 0.1) is 21.5 Å². The molecule has 7 nitrogen and oxygen atoms in total. The van der Waals surface area contributed by atoms with Crippen molar-refractivity contribution < 1.29 is 18.7 Å². The van der Waals surface area contributed by atoms with Crippen LogP contribution in [0.25, 0.3) is 10.2 Å². The fraction of sp³-hybridized carbons (Fsp3) is 0.185. The second-order valence-corrected chi connectivity index (χ2v) is 11.0. The molecule has 2 N–H and O–H groups in total. The van der Waals surface area contributed by atoms with Gasteiger partial charge in [0.25, 0.3) is 5.91 Å². The van der Waals surface area contributed by atoms with E-state index in [0.717, 1.165) is 25.9 Å². The number of nitrogens with one attached hydrogen (secondary N) is 2. The minimum Gasteiger partial charge on any atom is -0.453 e. The number of pyridine rings is 1. The number of aromatic nitrogens is 1. The van der Waals surface area contributed by atoms with E-state index in [1.807, 2.05) is 4.90 Å². The molecule has 12 heteroatoms. The largest absolute Gasteiger partial charge is 0.453 e. The van der Waals surface area contributed by atoms with E-state index in [0.29, 0.717) is 42.1 Å². The number of thiophene rings is 1. The van der Waals surface area contributed by atoms with Crippen molar-refractivity contribution in [2.75, 3.05) is 18.4 Å². The van der Waals surface area contributed by atoms with Gasteiger partial charge in [0.15, 0.2) is 16.7 Å². The van der Waals surface area contributed by atoms with Crippen LogP contribution in [0.2, 0.25) is 10.0 Å². The van der Waals surface area contributed by atoms with Crippen LogP contribution in [-0.2, 0) is 11.2 Å². The highest BCUT2D eigenvalue weighted by atomic mass is 35.5. The van der Waals surface area contributed by atoms with E-state index in [1.54, 1.807) is 42.6 Å². The number of hydrogen-bond donors (Lipinski definition) is 2. The quantitative estimate of drug-likeness (QED) is 0.235. The molecule has 0 bridgehead atoms. The van der Waals surface area contributed by atoms with Gasteiger partial charge in [0.2, 0.25) is 5.91 Å². The molecule has 2 aromatic heterocycles. The first-order chi connectivity index (χ1) is 18.8. The Kier molecular flexibility index (Phi) is 8.27. The third kappa shape index (κ3) is 6.30. The van der Waals surface area contributed by atoms with E-state index >= 15 is 0 Å². The normalized spacial score (nSPS) is 12.9. The number of nitrogens with zero attached hydrogens (tertiary/aromatic N) is 2. The standard InChI is InChI=1S/C27H21Cl2FN4O3S2/c28-17-4-3-5-18(29)16(17)13-24(35)33-27(38)32-15-6-7-21(19(30)12-15)37-22-8-9-31-20-14-23(39-25(20)22)26(36)34-10-1-2-11-34/h3-9,12,14H,1-2,10-11,13H2,(H2,32,33,35,38). The summed E-state index contributed by atoms with van der Waals surface area (Å²) in [5.74, 6) is -0.723. The van der Waals surface area contributed by atoms with E-state index in [9.17, 15) is 14.0 Å². The number of fused-ring (bicyclic) bond motifs is 1. The lowest BCUT2D eigenvalue weighted by molar-refractivity contribution is -0.119. The monoisotopic (exact) mass is 602 g/mol. The van der Waals surface area contributed by atoms with Gasteiger partial charge in [-0.05, 0) is 61.0 Å². The molecule has 2 aromatic carbocycles. The Balaban J connectivity index is 1.24. The van der Waals surface area contributed by atoms with Crippen molar-refractivity contribution in [3.63, 3.8) is 0 Å². The molecular formula is C27H21Cl2FN4O3S2. The highest BCUT2D eigenvalue weighted by Gasteiger charge is 2.23. The number of benzene rings is 2. The van der Waals surface area contributed by atoms with Gasteiger partial charge in [0, 0.05) is 47.2 Å². The van der Waals surface area contributed by atoms with Gasteiger partial charge in [-0.25, -0.2) is 4.39 Å². The van der Waals surface area contributed by atoms with Crippen molar-refractivity contribution in [3.8, 4) is 11.5 Å². The average molecular weight is 604 g/mol. The summed E-state index contributed by atoms with van der Waals surface area (Å²) in [5.41, 5.74) is 1.41. The maximum Gasteiger partial charge on any atom is 0.264 e. The van der Waals surface area contributed by atoms with Crippen molar-refractivity contribution in [2.24, 2.45) is 0 Å². The van der Waals surface area contributed by atoms with Crippen LogP contribution in [-0.4, -0.2) is 39.9 Å². The van der Waals surface area contributed by atoms with Crippen LogP contribution in [0.15, 0.2) is 54.7 Å². The topological polar surface area (TPSA) is 83.6 Å². The van der Waals surface area contributed by atoms with Gasteiger partial charge in [-0.3, -0.25) is 14.6 Å². The van der Waals surface area contributed by atoms with Gasteiger partial charge < -0.3 is 20.3 Å². The number of thiocarbonyl (C=S) groups is 1. The van der Waals surface area contributed by atoms with Crippen molar-refractivity contribution in [2.45, 2.75) is 19.3 Å². The maximum absolute atomic E-state index is 15.0. The van der Waals surface area contributed by atoms with Crippen molar-refractivity contribution in [3.05, 3.63) is 81.0 Å². The molecule has 1 fully saturated rings. The predicted molar refractivity (Wildman–Crippen MR) is 156 cm³/mol.